The standard InChI is InChI=1S/C14H21BrN2O3/c1-17-9-11(15)8-13(17)14(18)16-5-3-6-19-10-12-4-2-7-20-12/h8-9,12H,2-7,10H2,1H3,(H,16,18). The third kappa shape index (κ3) is 4.61. The highest BCUT2D eigenvalue weighted by atomic mass is 79.9. The molecule has 1 fully saturated rings. The van der Waals surface area contributed by atoms with Crippen molar-refractivity contribution in [2.24, 2.45) is 7.05 Å². The van der Waals surface area contributed by atoms with Gasteiger partial charge in [-0.15, -0.1) is 0 Å². The summed E-state index contributed by atoms with van der Waals surface area (Å²) in [5, 5.41) is 2.89. The summed E-state index contributed by atoms with van der Waals surface area (Å²) in [5.74, 6) is -0.0580. The minimum Gasteiger partial charge on any atom is -0.379 e. The Balaban J connectivity index is 1.56. The van der Waals surface area contributed by atoms with E-state index in [0.29, 0.717) is 25.5 Å². The summed E-state index contributed by atoms with van der Waals surface area (Å²) < 4.78 is 13.7. The molecule has 0 bridgehead atoms. The number of hydrogen-bond donors (Lipinski definition) is 1. The third-order valence-electron chi connectivity index (χ3n) is 3.28. The summed E-state index contributed by atoms with van der Waals surface area (Å²) in [6.45, 7) is 2.79. The van der Waals surface area contributed by atoms with E-state index in [1.807, 2.05) is 19.3 Å². The van der Waals surface area contributed by atoms with Crippen LogP contribution in [-0.4, -0.2) is 42.9 Å². The molecule has 2 rings (SSSR count). The molecule has 5 nitrogen and oxygen atoms in total. The van der Waals surface area contributed by atoms with E-state index in [9.17, 15) is 4.79 Å². The predicted molar refractivity (Wildman–Crippen MR) is 79.9 cm³/mol. The SMILES string of the molecule is Cn1cc(Br)cc1C(=O)NCCCOCC1CCCO1. The van der Waals surface area contributed by atoms with Crippen LogP contribution in [0.3, 0.4) is 0 Å². The van der Waals surface area contributed by atoms with Crippen LogP contribution in [0, 0.1) is 0 Å². The van der Waals surface area contributed by atoms with Crippen molar-refractivity contribution in [3.63, 3.8) is 0 Å². The van der Waals surface area contributed by atoms with Gasteiger partial charge in [-0.05, 0) is 41.3 Å². The van der Waals surface area contributed by atoms with Gasteiger partial charge in [0.1, 0.15) is 5.69 Å². The molecular formula is C14H21BrN2O3. The average Bonchev–Trinajstić information content (AvgIpc) is 3.03. The molecule has 112 valence electrons. The lowest BCUT2D eigenvalue weighted by molar-refractivity contribution is 0.0166. The van der Waals surface area contributed by atoms with Gasteiger partial charge in [-0.1, -0.05) is 0 Å². The van der Waals surface area contributed by atoms with Gasteiger partial charge in [0.15, 0.2) is 0 Å². The fourth-order valence-electron chi connectivity index (χ4n) is 2.21. The second-order valence-electron chi connectivity index (χ2n) is 4.97. The van der Waals surface area contributed by atoms with E-state index in [1.165, 1.54) is 0 Å². The van der Waals surface area contributed by atoms with Gasteiger partial charge in [0.2, 0.25) is 0 Å². The summed E-state index contributed by atoms with van der Waals surface area (Å²) in [5.41, 5.74) is 0.650. The molecule has 1 saturated heterocycles. The van der Waals surface area contributed by atoms with Crippen LogP contribution in [0.25, 0.3) is 0 Å². The van der Waals surface area contributed by atoms with E-state index in [0.717, 1.165) is 30.3 Å². The maximum atomic E-state index is 11.9. The van der Waals surface area contributed by atoms with Crippen LogP contribution in [0.4, 0.5) is 0 Å². The Morgan fingerprint density at radius 1 is 1.65 bits per heavy atom. The van der Waals surface area contributed by atoms with Gasteiger partial charge in [-0.25, -0.2) is 0 Å². The zero-order chi connectivity index (χ0) is 14.4. The van der Waals surface area contributed by atoms with Crippen LogP contribution in [0.2, 0.25) is 0 Å². The quantitative estimate of drug-likeness (QED) is 0.770. The number of carbonyl (C=O) groups is 1. The second kappa shape index (κ2) is 7.81. The number of ether oxygens (including phenoxy) is 2. The first-order valence-electron chi connectivity index (χ1n) is 6.96. The topological polar surface area (TPSA) is 52.5 Å². The van der Waals surface area contributed by atoms with Crippen LogP contribution in [-0.2, 0) is 16.5 Å². The molecule has 1 aliphatic rings. The van der Waals surface area contributed by atoms with E-state index < -0.39 is 0 Å². The van der Waals surface area contributed by atoms with Gasteiger partial charge < -0.3 is 19.4 Å². The fourth-order valence-corrected chi connectivity index (χ4v) is 2.73. The molecule has 1 aliphatic heterocycles. The molecule has 0 spiro atoms. The van der Waals surface area contributed by atoms with Crippen molar-refractivity contribution in [3.8, 4) is 0 Å². The number of carbonyl (C=O) groups excluding carboxylic acids is 1. The van der Waals surface area contributed by atoms with Gasteiger partial charge in [0, 0.05) is 37.5 Å². The van der Waals surface area contributed by atoms with Crippen molar-refractivity contribution < 1.29 is 14.3 Å². The zero-order valence-corrected chi connectivity index (χ0v) is 13.3. The Kier molecular flexibility index (Phi) is 6.06. The minimum atomic E-state index is -0.0580. The molecule has 1 aromatic rings. The summed E-state index contributed by atoms with van der Waals surface area (Å²) >= 11 is 3.35. The monoisotopic (exact) mass is 344 g/mol. The molecule has 1 unspecified atom stereocenters. The van der Waals surface area contributed by atoms with Crippen molar-refractivity contribution in [1.82, 2.24) is 9.88 Å². The number of nitrogens with one attached hydrogen (secondary N) is 1. The van der Waals surface area contributed by atoms with Crippen LogP contribution in [0.5, 0.6) is 0 Å². The highest BCUT2D eigenvalue weighted by Crippen LogP contribution is 2.13. The Morgan fingerprint density at radius 2 is 2.50 bits per heavy atom. The Hall–Kier alpha value is -0.850. The maximum Gasteiger partial charge on any atom is 0.267 e. The van der Waals surface area contributed by atoms with Gasteiger partial charge in [-0.3, -0.25) is 4.79 Å². The fraction of sp³-hybridized carbons (Fsp3) is 0.643. The lowest BCUT2D eigenvalue weighted by Crippen LogP contribution is -2.27. The van der Waals surface area contributed by atoms with Crippen LogP contribution < -0.4 is 5.32 Å². The maximum absolute atomic E-state index is 11.9. The molecule has 1 aromatic heterocycles. The van der Waals surface area contributed by atoms with Crippen molar-refractivity contribution in [2.75, 3.05) is 26.4 Å². The van der Waals surface area contributed by atoms with Gasteiger partial charge in [0.05, 0.1) is 12.7 Å². The molecule has 1 atom stereocenters. The lowest BCUT2D eigenvalue weighted by atomic mass is 10.2. The van der Waals surface area contributed by atoms with Crippen molar-refractivity contribution >= 4 is 21.8 Å². The van der Waals surface area contributed by atoms with Crippen LogP contribution >= 0.6 is 15.9 Å². The van der Waals surface area contributed by atoms with Crippen molar-refractivity contribution in [3.05, 3.63) is 22.4 Å². The minimum absolute atomic E-state index is 0.0580. The van der Waals surface area contributed by atoms with E-state index in [1.54, 1.807) is 4.57 Å². The van der Waals surface area contributed by atoms with E-state index in [-0.39, 0.29) is 12.0 Å². The Labute approximate surface area is 127 Å². The third-order valence-corrected chi connectivity index (χ3v) is 3.72. The number of halogens is 1. The summed E-state index contributed by atoms with van der Waals surface area (Å²) in [7, 11) is 1.85. The molecule has 1 amide bonds. The van der Waals surface area contributed by atoms with Crippen molar-refractivity contribution in [2.45, 2.75) is 25.4 Å². The molecule has 20 heavy (non-hydrogen) atoms. The molecule has 0 radical (unpaired) electrons. The predicted octanol–water partition coefficient (Wildman–Crippen LogP) is 2.10. The van der Waals surface area contributed by atoms with Gasteiger partial charge in [-0.2, -0.15) is 0 Å². The largest absolute Gasteiger partial charge is 0.379 e. The first kappa shape index (κ1) is 15.5. The van der Waals surface area contributed by atoms with E-state index in [2.05, 4.69) is 21.2 Å². The summed E-state index contributed by atoms with van der Waals surface area (Å²) in [6, 6.07) is 1.81. The number of aryl methyl sites for hydroxylation is 1. The molecule has 2 heterocycles. The number of rotatable bonds is 7. The molecular weight excluding hydrogens is 324 g/mol. The number of hydrogen-bond acceptors (Lipinski definition) is 3. The lowest BCUT2D eigenvalue weighted by Gasteiger charge is -2.10. The number of aromatic nitrogens is 1. The van der Waals surface area contributed by atoms with Gasteiger partial charge >= 0.3 is 0 Å². The van der Waals surface area contributed by atoms with E-state index in [4.69, 9.17) is 9.47 Å². The zero-order valence-electron chi connectivity index (χ0n) is 11.7. The number of amides is 1. The first-order valence-corrected chi connectivity index (χ1v) is 7.75. The molecule has 6 heteroatoms. The summed E-state index contributed by atoms with van der Waals surface area (Å²) in [6.07, 6.45) is 5.17. The Bertz CT molecular complexity index is 442. The summed E-state index contributed by atoms with van der Waals surface area (Å²) in [4.78, 5) is 11.9. The smallest absolute Gasteiger partial charge is 0.267 e. The number of nitrogens with zero attached hydrogens (tertiary/aromatic N) is 1. The second-order valence-corrected chi connectivity index (χ2v) is 5.89. The Morgan fingerprint density at radius 3 is 3.15 bits per heavy atom. The van der Waals surface area contributed by atoms with E-state index >= 15 is 0 Å². The van der Waals surface area contributed by atoms with Crippen LogP contribution in [0.1, 0.15) is 29.8 Å². The highest BCUT2D eigenvalue weighted by molar-refractivity contribution is 9.10. The van der Waals surface area contributed by atoms with Crippen LogP contribution in [0.15, 0.2) is 16.7 Å². The van der Waals surface area contributed by atoms with Crippen molar-refractivity contribution in [1.29, 1.82) is 0 Å². The highest BCUT2D eigenvalue weighted by Gasteiger charge is 2.15. The normalized spacial score (nSPS) is 18.4. The molecule has 0 saturated carbocycles. The average molecular weight is 345 g/mol. The first-order chi connectivity index (χ1) is 9.66. The molecule has 0 aromatic carbocycles. The molecule has 0 aliphatic carbocycles. The van der Waals surface area contributed by atoms with Gasteiger partial charge in [0.25, 0.3) is 5.91 Å². The molecule has 1 N–H and O–H groups in total.